The third kappa shape index (κ3) is 2.07. The largest absolute Gasteiger partial charge is 0.387 e. The first-order valence-corrected chi connectivity index (χ1v) is 8.19. The number of halogens is 2. The number of aliphatic hydroxyl groups is 1. The van der Waals surface area contributed by atoms with Crippen LogP contribution in [-0.4, -0.2) is 5.11 Å². The molecule has 0 aliphatic heterocycles. The van der Waals surface area contributed by atoms with Crippen LogP contribution < -0.4 is 0 Å². The Morgan fingerprint density at radius 3 is 2.63 bits per heavy atom. The molecule has 100 valence electrons. The quantitative estimate of drug-likeness (QED) is 0.811. The van der Waals surface area contributed by atoms with E-state index in [1.165, 1.54) is 6.42 Å². The Labute approximate surface area is 130 Å². The fraction of sp³-hybridized carbons (Fsp3) is 0.533. The topological polar surface area (TPSA) is 44.0 Å². The van der Waals surface area contributed by atoms with Crippen LogP contribution in [0.25, 0.3) is 0 Å². The van der Waals surface area contributed by atoms with Crippen LogP contribution in [0.5, 0.6) is 0 Å². The van der Waals surface area contributed by atoms with Gasteiger partial charge < -0.3 is 5.11 Å². The van der Waals surface area contributed by atoms with Gasteiger partial charge in [0.1, 0.15) is 0 Å². The average Bonchev–Trinajstić information content (AvgIpc) is 3.02. The van der Waals surface area contributed by atoms with Crippen LogP contribution >= 0.6 is 31.9 Å². The monoisotopic (exact) mass is 383 g/mol. The summed E-state index contributed by atoms with van der Waals surface area (Å²) in [5.41, 5.74) is 0.264. The smallest absolute Gasteiger partial charge is 0.0979 e. The zero-order chi connectivity index (χ0) is 13.6. The first-order chi connectivity index (χ1) is 9.06. The number of hydrogen-bond acceptors (Lipinski definition) is 2. The molecule has 2 bridgehead atoms. The minimum absolute atomic E-state index is 0.361. The van der Waals surface area contributed by atoms with E-state index in [0.29, 0.717) is 11.8 Å². The highest BCUT2D eigenvalue weighted by Crippen LogP contribution is 2.60. The van der Waals surface area contributed by atoms with Crippen LogP contribution in [-0.2, 0) is 0 Å². The maximum absolute atomic E-state index is 10.7. The lowest BCUT2D eigenvalue weighted by Gasteiger charge is -2.35. The molecule has 2 aliphatic rings. The summed E-state index contributed by atoms with van der Waals surface area (Å²) in [6.07, 6.45) is 3.60. The molecule has 2 fully saturated rings. The van der Waals surface area contributed by atoms with Gasteiger partial charge in [0.05, 0.1) is 17.6 Å². The molecule has 3 rings (SSSR count). The van der Waals surface area contributed by atoms with Crippen LogP contribution in [0.3, 0.4) is 0 Å². The van der Waals surface area contributed by atoms with Gasteiger partial charge in [-0.15, -0.1) is 0 Å². The van der Waals surface area contributed by atoms with Crippen molar-refractivity contribution in [3.63, 3.8) is 0 Å². The molecule has 4 atom stereocenters. The number of benzene rings is 1. The zero-order valence-electron chi connectivity index (χ0n) is 10.4. The molecular weight excluding hydrogens is 370 g/mol. The van der Waals surface area contributed by atoms with Gasteiger partial charge in [-0.3, -0.25) is 0 Å². The van der Waals surface area contributed by atoms with E-state index in [-0.39, 0.29) is 0 Å². The van der Waals surface area contributed by atoms with Crippen LogP contribution in [0.2, 0.25) is 0 Å². The summed E-state index contributed by atoms with van der Waals surface area (Å²) >= 11 is 6.89. The fourth-order valence-corrected chi connectivity index (χ4v) is 4.53. The molecule has 0 radical (unpaired) electrons. The lowest BCUT2D eigenvalue weighted by atomic mass is 9.68. The number of rotatable bonds is 2. The molecular formula is C15H15Br2NO. The summed E-state index contributed by atoms with van der Waals surface area (Å²) in [4.78, 5) is 0. The van der Waals surface area contributed by atoms with Crippen molar-refractivity contribution in [2.24, 2.45) is 17.3 Å². The van der Waals surface area contributed by atoms with Crippen LogP contribution in [0.1, 0.15) is 37.4 Å². The maximum atomic E-state index is 10.7. The summed E-state index contributed by atoms with van der Waals surface area (Å²) in [6, 6.07) is 8.21. The Balaban J connectivity index is 1.96. The molecule has 0 saturated heterocycles. The van der Waals surface area contributed by atoms with Gasteiger partial charge in [0.15, 0.2) is 0 Å². The Morgan fingerprint density at radius 1 is 1.32 bits per heavy atom. The van der Waals surface area contributed by atoms with E-state index in [9.17, 15) is 10.4 Å². The van der Waals surface area contributed by atoms with Crippen molar-refractivity contribution < 1.29 is 5.11 Å². The SMILES string of the molecule is N#CC1(C(O)c2ccc(Br)c(Br)c2)CC2CCC1C2. The third-order valence-electron chi connectivity index (χ3n) is 4.85. The second kappa shape index (κ2) is 4.87. The van der Waals surface area contributed by atoms with E-state index >= 15 is 0 Å². The van der Waals surface area contributed by atoms with Gasteiger partial charge in [0, 0.05) is 8.95 Å². The first kappa shape index (κ1) is 13.6. The van der Waals surface area contributed by atoms with Gasteiger partial charge in [-0.2, -0.15) is 5.26 Å². The lowest BCUT2D eigenvalue weighted by Crippen LogP contribution is -2.33. The van der Waals surface area contributed by atoms with Crippen molar-refractivity contribution in [3.05, 3.63) is 32.7 Å². The Bertz CT molecular complexity index is 554. The lowest BCUT2D eigenvalue weighted by molar-refractivity contribution is 0.0233. The Kier molecular flexibility index (Phi) is 3.49. The summed E-state index contributed by atoms with van der Waals surface area (Å²) < 4.78 is 1.88. The fourth-order valence-electron chi connectivity index (χ4n) is 3.89. The minimum Gasteiger partial charge on any atom is -0.387 e. The van der Waals surface area contributed by atoms with Crippen molar-refractivity contribution in [2.45, 2.75) is 31.8 Å². The van der Waals surface area contributed by atoms with Crippen molar-refractivity contribution in [1.82, 2.24) is 0 Å². The molecule has 1 aromatic rings. The molecule has 0 amide bonds. The van der Waals surface area contributed by atoms with E-state index in [1.54, 1.807) is 0 Å². The Morgan fingerprint density at radius 2 is 2.11 bits per heavy atom. The number of fused-ring (bicyclic) bond motifs is 2. The number of nitrogens with zero attached hydrogens (tertiary/aromatic N) is 1. The van der Waals surface area contributed by atoms with E-state index < -0.39 is 11.5 Å². The summed E-state index contributed by atoms with van der Waals surface area (Å²) in [5, 5.41) is 20.4. The Hall–Kier alpha value is -0.370. The van der Waals surface area contributed by atoms with Gasteiger partial charge in [-0.05, 0) is 80.7 Å². The second-order valence-electron chi connectivity index (χ2n) is 5.81. The highest BCUT2D eigenvalue weighted by atomic mass is 79.9. The molecule has 0 spiro atoms. The van der Waals surface area contributed by atoms with Crippen LogP contribution in [0.15, 0.2) is 27.1 Å². The van der Waals surface area contributed by atoms with Crippen LogP contribution in [0, 0.1) is 28.6 Å². The van der Waals surface area contributed by atoms with Gasteiger partial charge >= 0.3 is 0 Å². The van der Waals surface area contributed by atoms with E-state index in [1.807, 2.05) is 18.2 Å². The normalized spacial score (nSPS) is 34.2. The summed E-state index contributed by atoms with van der Waals surface area (Å²) in [7, 11) is 0. The molecule has 4 heteroatoms. The molecule has 4 unspecified atom stereocenters. The first-order valence-electron chi connectivity index (χ1n) is 6.61. The third-order valence-corrected chi connectivity index (χ3v) is 6.73. The molecule has 2 aliphatic carbocycles. The number of hydrogen-bond donors (Lipinski definition) is 1. The van der Waals surface area contributed by atoms with E-state index in [2.05, 4.69) is 37.9 Å². The molecule has 0 aromatic heterocycles. The molecule has 2 saturated carbocycles. The summed E-state index contributed by atoms with van der Waals surface area (Å²) in [5.74, 6) is 0.998. The highest BCUT2D eigenvalue weighted by Gasteiger charge is 2.55. The molecule has 1 aromatic carbocycles. The predicted molar refractivity (Wildman–Crippen MR) is 80.3 cm³/mol. The van der Waals surface area contributed by atoms with Crippen molar-refractivity contribution in [1.29, 1.82) is 5.26 Å². The van der Waals surface area contributed by atoms with Gasteiger partial charge in [0.2, 0.25) is 0 Å². The van der Waals surface area contributed by atoms with Gasteiger partial charge in [-0.25, -0.2) is 0 Å². The molecule has 0 heterocycles. The average molecular weight is 385 g/mol. The molecule has 1 N–H and O–H groups in total. The standard InChI is InChI=1S/C15H15Br2NO/c16-12-4-2-10(6-13(12)17)14(19)15(8-18)7-9-1-3-11(15)5-9/h2,4,6,9,11,14,19H,1,3,5,7H2. The number of nitriles is 1. The van der Waals surface area contributed by atoms with Crippen LogP contribution in [0.4, 0.5) is 0 Å². The summed E-state index contributed by atoms with van der Waals surface area (Å²) in [6.45, 7) is 0. The van der Waals surface area contributed by atoms with E-state index in [0.717, 1.165) is 33.8 Å². The predicted octanol–water partition coefficient (Wildman–Crippen LogP) is 4.57. The van der Waals surface area contributed by atoms with E-state index in [4.69, 9.17) is 0 Å². The molecule has 2 nitrogen and oxygen atoms in total. The van der Waals surface area contributed by atoms with Gasteiger partial charge in [-0.1, -0.05) is 12.5 Å². The number of aliphatic hydroxyl groups excluding tert-OH is 1. The second-order valence-corrected chi connectivity index (χ2v) is 7.52. The highest BCUT2D eigenvalue weighted by molar-refractivity contribution is 9.13. The zero-order valence-corrected chi connectivity index (χ0v) is 13.6. The van der Waals surface area contributed by atoms with Crippen molar-refractivity contribution in [2.75, 3.05) is 0 Å². The maximum Gasteiger partial charge on any atom is 0.0979 e. The molecule has 19 heavy (non-hydrogen) atoms. The van der Waals surface area contributed by atoms with Crippen molar-refractivity contribution in [3.8, 4) is 6.07 Å². The minimum atomic E-state index is -0.683. The van der Waals surface area contributed by atoms with Gasteiger partial charge in [0.25, 0.3) is 0 Å². The van der Waals surface area contributed by atoms with Crippen molar-refractivity contribution >= 4 is 31.9 Å².